The molecule has 7 heteroatoms. The second-order valence-corrected chi connectivity index (χ2v) is 5.70. The Morgan fingerprint density at radius 2 is 1.84 bits per heavy atom. The van der Waals surface area contributed by atoms with E-state index in [0.717, 1.165) is 18.8 Å². The number of rotatable bonds is 4. The Kier molecular flexibility index (Phi) is 5.03. The third-order valence-electron chi connectivity index (χ3n) is 4.12. The number of carbonyl (C=O) groups is 1. The van der Waals surface area contributed by atoms with E-state index in [4.69, 9.17) is 0 Å². The standard InChI is InChI=1S/C18H18N4O3/c23-18(5-4-15-2-1-3-17(14-15)22(24)25)21-12-10-20(11-13-21)16-6-8-19-9-7-16/h1-9,14H,10-13H2/b5-4+. The van der Waals surface area contributed by atoms with E-state index in [0.29, 0.717) is 18.7 Å². The lowest BCUT2D eigenvalue weighted by Gasteiger charge is -2.35. The number of pyridine rings is 1. The highest BCUT2D eigenvalue weighted by molar-refractivity contribution is 5.92. The van der Waals surface area contributed by atoms with E-state index < -0.39 is 4.92 Å². The second-order valence-electron chi connectivity index (χ2n) is 5.70. The Bertz CT molecular complexity index is 784. The first-order valence-electron chi connectivity index (χ1n) is 8.00. The van der Waals surface area contributed by atoms with Crippen molar-refractivity contribution in [1.82, 2.24) is 9.88 Å². The molecule has 1 amide bonds. The molecular weight excluding hydrogens is 320 g/mol. The molecule has 7 nitrogen and oxygen atoms in total. The molecule has 25 heavy (non-hydrogen) atoms. The molecule has 0 spiro atoms. The van der Waals surface area contributed by atoms with E-state index in [1.165, 1.54) is 18.2 Å². The van der Waals surface area contributed by atoms with Gasteiger partial charge >= 0.3 is 0 Å². The molecule has 0 radical (unpaired) electrons. The van der Waals surface area contributed by atoms with Gasteiger partial charge in [0.05, 0.1) is 4.92 Å². The van der Waals surface area contributed by atoms with Gasteiger partial charge in [0.15, 0.2) is 0 Å². The first-order valence-corrected chi connectivity index (χ1v) is 8.00. The van der Waals surface area contributed by atoms with Crippen LogP contribution in [0.25, 0.3) is 6.08 Å². The Morgan fingerprint density at radius 3 is 2.52 bits per heavy atom. The van der Waals surface area contributed by atoms with E-state index in [1.54, 1.807) is 35.5 Å². The van der Waals surface area contributed by atoms with Gasteiger partial charge in [0.2, 0.25) is 5.91 Å². The number of non-ortho nitro benzene ring substituents is 1. The quantitative estimate of drug-likeness (QED) is 0.486. The summed E-state index contributed by atoms with van der Waals surface area (Å²) in [5.41, 5.74) is 1.76. The van der Waals surface area contributed by atoms with Crippen LogP contribution >= 0.6 is 0 Å². The summed E-state index contributed by atoms with van der Waals surface area (Å²) in [7, 11) is 0. The number of aromatic nitrogens is 1. The molecule has 1 fully saturated rings. The van der Waals surface area contributed by atoms with Crippen molar-refractivity contribution in [2.45, 2.75) is 0 Å². The fraction of sp³-hybridized carbons (Fsp3) is 0.222. The molecule has 1 aromatic heterocycles. The highest BCUT2D eigenvalue weighted by Gasteiger charge is 2.19. The van der Waals surface area contributed by atoms with Crippen molar-refractivity contribution in [3.63, 3.8) is 0 Å². The Hall–Kier alpha value is -3.22. The Morgan fingerprint density at radius 1 is 1.12 bits per heavy atom. The molecule has 3 rings (SSSR count). The summed E-state index contributed by atoms with van der Waals surface area (Å²) in [6.45, 7) is 2.81. The minimum absolute atomic E-state index is 0.0144. The number of amides is 1. The number of hydrogen-bond donors (Lipinski definition) is 0. The van der Waals surface area contributed by atoms with Crippen molar-refractivity contribution in [3.8, 4) is 0 Å². The van der Waals surface area contributed by atoms with Crippen LogP contribution in [0.4, 0.5) is 11.4 Å². The number of carbonyl (C=O) groups excluding carboxylic acids is 1. The molecule has 0 N–H and O–H groups in total. The van der Waals surface area contributed by atoms with Crippen LogP contribution in [0.3, 0.4) is 0 Å². The first kappa shape index (κ1) is 16.6. The van der Waals surface area contributed by atoms with Crippen molar-refractivity contribution in [1.29, 1.82) is 0 Å². The van der Waals surface area contributed by atoms with Gasteiger partial charge in [-0.25, -0.2) is 0 Å². The van der Waals surface area contributed by atoms with E-state index in [1.807, 2.05) is 12.1 Å². The molecule has 128 valence electrons. The van der Waals surface area contributed by atoms with Crippen molar-refractivity contribution in [2.75, 3.05) is 31.1 Å². The van der Waals surface area contributed by atoms with Crippen LogP contribution in [0.15, 0.2) is 54.9 Å². The predicted octanol–water partition coefficient (Wildman–Crippen LogP) is 2.35. The summed E-state index contributed by atoms with van der Waals surface area (Å²) >= 11 is 0. The Labute approximate surface area is 145 Å². The topological polar surface area (TPSA) is 79.6 Å². The van der Waals surface area contributed by atoms with E-state index in [9.17, 15) is 14.9 Å². The number of hydrogen-bond acceptors (Lipinski definition) is 5. The largest absolute Gasteiger partial charge is 0.368 e. The van der Waals surface area contributed by atoms with Gasteiger partial charge < -0.3 is 9.80 Å². The maximum absolute atomic E-state index is 12.3. The average Bonchev–Trinajstić information content (AvgIpc) is 2.67. The molecule has 2 aromatic rings. The van der Waals surface area contributed by atoms with Crippen LogP contribution in [0.5, 0.6) is 0 Å². The van der Waals surface area contributed by atoms with Gasteiger partial charge in [-0.05, 0) is 23.8 Å². The molecule has 1 aliphatic heterocycles. The summed E-state index contributed by atoms with van der Waals surface area (Å²) in [5, 5.41) is 10.8. The zero-order chi connectivity index (χ0) is 17.6. The molecule has 2 heterocycles. The summed E-state index contributed by atoms with van der Waals surface area (Å²) in [6, 6.07) is 10.1. The van der Waals surface area contributed by atoms with Gasteiger partial charge in [-0.15, -0.1) is 0 Å². The number of piperazine rings is 1. The third kappa shape index (κ3) is 4.20. The molecule has 0 aliphatic carbocycles. The molecule has 0 bridgehead atoms. The molecule has 1 aromatic carbocycles. The normalized spacial score (nSPS) is 14.7. The maximum Gasteiger partial charge on any atom is 0.270 e. The summed E-state index contributed by atoms with van der Waals surface area (Å²) < 4.78 is 0. The summed E-state index contributed by atoms with van der Waals surface area (Å²) in [5.74, 6) is -0.0825. The highest BCUT2D eigenvalue weighted by Crippen LogP contribution is 2.16. The molecular formula is C18H18N4O3. The third-order valence-corrected chi connectivity index (χ3v) is 4.12. The van der Waals surface area contributed by atoms with Gasteiger partial charge in [-0.2, -0.15) is 0 Å². The van der Waals surface area contributed by atoms with Crippen molar-refractivity contribution >= 4 is 23.4 Å². The molecule has 1 saturated heterocycles. The summed E-state index contributed by atoms with van der Waals surface area (Å²) in [6.07, 6.45) is 6.61. The minimum atomic E-state index is -0.447. The highest BCUT2D eigenvalue weighted by atomic mass is 16.6. The van der Waals surface area contributed by atoms with Gasteiger partial charge in [-0.3, -0.25) is 19.9 Å². The van der Waals surface area contributed by atoms with E-state index >= 15 is 0 Å². The predicted molar refractivity (Wildman–Crippen MR) is 95.2 cm³/mol. The van der Waals surface area contributed by atoms with Crippen molar-refractivity contribution in [3.05, 3.63) is 70.5 Å². The molecule has 1 aliphatic rings. The van der Waals surface area contributed by atoms with Crippen LogP contribution < -0.4 is 4.90 Å². The van der Waals surface area contributed by atoms with Crippen LogP contribution in [-0.2, 0) is 4.79 Å². The van der Waals surface area contributed by atoms with Crippen LogP contribution in [0.1, 0.15) is 5.56 Å². The lowest BCUT2D eigenvalue weighted by Crippen LogP contribution is -2.48. The fourth-order valence-electron chi connectivity index (χ4n) is 2.75. The average molecular weight is 338 g/mol. The molecule has 0 saturated carbocycles. The Balaban J connectivity index is 1.58. The second kappa shape index (κ2) is 7.57. The van der Waals surface area contributed by atoms with Crippen LogP contribution in [0, 0.1) is 10.1 Å². The zero-order valence-electron chi connectivity index (χ0n) is 13.6. The van der Waals surface area contributed by atoms with Crippen molar-refractivity contribution < 1.29 is 9.72 Å². The summed E-state index contributed by atoms with van der Waals surface area (Å²) in [4.78, 5) is 30.7. The fourth-order valence-corrected chi connectivity index (χ4v) is 2.75. The van der Waals surface area contributed by atoms with Crippen molar-refractivity contribution in [2.24, 2.45) is 0 Å². The van der Waals surface area contributed by atoms with E-state index in [-0.39, 0.29) is 11.6 Å². The molecule has 0 atom stereocenters. The number of nitro benzene ring substituents is 1. The number of benzene rings is 1. The van der Waals surface area contributed by atoms with Crippen LogP contribution in [-0.4, -0.2) is 46.9 Å². The van der Waals surface area contributed by atoms with Crippen LogP contribution in [0.2, 0.25) is 0 Å². The van der Waals surface area contributed by atoms with Gasteiger partial charge in [-0.1, -0.05) is 12.1 Å². The zero-order valence-corrected chi connectivity index (χ0v) is 13.6. The monoisotopic (exact) mass is 338 g/mol. The van der Waals surface area contributed by atoms with Gasteiger partial charge in [0, 0.05) is 62.5 Å². The number of anilines is 1. The maximum atomic E-state index is 12.3. The number of nitro groups is 1. The number of nitrogens with zero attached hydrogens (tertiary/aromatic N) is 4. The SMILES string of the molecule is O=C(/C=C/c1cccc([N+](=O)[O-])c1)N1CCN(c2ccncc2)CC1. The first-order chi connectivity index (χ1) is 12.1. The minimum Gasteiger partial charge on any atom is -0.368 e. The smallest absolute Gasteiger partial charge is 0.270 e. The van der Waals surface area contributed by atoms with Gasteiger partial charge in [0.1, 0.15) is 0 Å². The lowest BCUT2D eigenvalue weighted by atomic mass is 10.2. The van der Waals surface area contributed by atoms with Gasteiger partial charge in [0.25, 0.3) is 5.69 Å². The lowest BCUT2D eigenvalue weighted by molar-refractivity contribution is -0.384. The molecule has 0 unspecified atom stereocenters. The van der Waals surface area contributed by atoms with E-state index in [2.05, 4.69) is 9.88 Å².